The van der Waals surface area contributed by atoms with Crippen LogP contribution in [0.1, 0.15) is 11.3 Å². The number of aromatic nitrogens is 2. The molecule has 6 heteroatoms. The number of benzene rings is 1. The van der Waals surface area contributed by atoms with Crippen LogP contribution in [-0.2, 0) is 13.6 Å². The number of methoxy groups -OCH3 is 1. The molecule has 0 aliphatic carbocycles. The highest BCUT2D eigenvalue weighted by molar-refractivity contribution is 9.10. The van der Waals surface area contributed by atoms with Crippen molar-refractivity contribution in [2.24, 2.45) is 7.05 Å². The fourth-order valence-corrected chi connectivity index (χ4v) is 2.45. The minimum Gasteiger partial charge on any atom is -0.497 e. The Hall–Kier alpha value is -1.20. The molecule has 0 unspecified atom stereocenters. The second-order valence-electron chi connectivity index (χ2n) is 4.18. The molecule has 2 aromatic rings. The molecule has 0 spiro atoms. The summed E-state index contributed by atoms with van der Waals surface area (Å²) >= 11 is 9.71. The quantitative estimate of drug-likeness (QED) is 0.918. The van der Waals surface area contributed by atoms with Gasteiger partial charge in [-0.2, -0.15) is 5.10 Å². The minimum atomic E-state index is 0.615. The minimum absolute atomic E-state index is 0.615. The van der Waals surface area contributed by atoms with E-state index in [0.29, 0.717) is 11.7 Å². The van der Waals surface area contributed by atoms with Gasteiger partial charge in [-0.15, -0.1) is 0 Å². The van der Waals surface area contributed by atoms with Crippen molar-refractivity contribution in [2.75, 3.05) is 12.4 Å². The summed E-state index contributed by atoms with van der Waals surface area (Å²) in [5.41, 5.74) is 2.89. The summed E-state index contributed by atoms with van der Waals surface area (Å²) in [6.45, 7) is 2.56. The molecule has 0 radical (unpaired) electrons. The van der Waals surface area contributed by atoms with Crippen molar-refractivity contribution < 1.29 is 4.74 Å². The number of hydrogen-bond donors (Lipinski definition) is 1. The number of ether oxygens (including phenoxy) is 1. The van der Waals surface area contributed by atoms with E-state index in [1.54, 1.807) is 11.8 Å². The Bertz CT molecular complexity index is 598. The van der Waals surface area contributed by atoms with Crippen molar-refractivity contribution in [2.45, 2.75) is 13.5 Å². The third-order valence-electron chi connectivity index (χ3n) is 2.90. The van der Waals surface area contributed by atoms with E-state index in [2.05, 4.69) is 26.3 Å². The lowest BCUT2D eigenvalue weighted by Crippen LogP contribution is -2.01. The summed E-state index contributed by atoms with van der Waals surface area (Å²) in [5, 5.41) is 8.28. The summed E-state index contributed by atoms with van der Waals surface area (Å²) in [6, 6.07) is 5.78. The highest BCUT2D eigenvalue weighted by Crippen LogP contribution is 2.28. The number of nitrogens with zero attached hydrogens (tertiary/aromatic N) is 2. The smallest absolute Gasteiger partial charge is 0.131 e. The van der Waals surface area contributed by atoms with Gasteiger partial charge in [-0.1, -0.05) is 11.6 Å². The molecule has 1 aromatic carbocycles. The third kappa shape index (κ3) is 3.04. The van der Waals surface area contributed by atoms with Gasteiger partial charge in [-0.3, -0.25) is 4.68 Å². The van der Waals surface area contributed by atoms with Crippen molar-refractivity contribution in [1.82, 2.24) is 9.78 Å². The number of rotatable bonds is 4. The maximum absolute atomic E-state index is 6.20. The molecule has 19 heavy (non-hydrogen) atoms. The van der Waals surface area contributed by atoms with E-state index in [4.69, 9.17) is 16.3 Å². The van der Waals surface area contributed by atoms with E-state index in [1.165, 1.54) is 0 Å². The Morgan fingerprint density at radius 3 is 2.79 bits per heavy atom. The molecular formula is C13H15BrClN3O. The molecule has 0 amide bonds. The lowest BCUT2D eigenvalue weighted by Gasteiger charge is -2.10. The fourth-order valence-electron chi connectivity index (χ4n) is 1.83. The topological polar surface area (TPSA) is 39.1 Å². The molecule has 2 rings (SSSR count). The lowest BCUT2D eigenvalue weighted by atomic mass is 10.2. The number of anilines is 1. The zero-order valence-corrected chi connectivity index (χ0v) is 13.3. The predicted molar refractivity (Wildman–Crippen MR) is 81.0 cm³/mol. The molecule has 0 aliphatic heterocycles. The number of aryl methyl sites for hydroxylation is 2. The van der Waals surface area contributed by atoms with Crippen LogP contribution in [-0.4, -0.2) is 16.9 Å². The molecular weight excluding hydrogens is 330 g/mol. The average Bonchev–Trinajstić information content (AvgIpc) is 2.63. The molecule has 1 heterocycles. The number of nitrogens with one attached hydrogen (secondary N) is 1. The van der Waals surface area contributed by atoms with Gasteiger partial charge in [0.25, 0.3) is 0 Å². The fraction of sp³-hybridized carbons (Fsp3) is 0.308. The zero-order chi connectivity index (χ0) is 14.0. The van der Waals surface area contributed by atoms with E-state index in [0.717, 1.165) is 27.2 Å². The summed E-state index contributed by atoms with van der Waals surface area (Å²) in [4.78, 5) is 0. The SMILES string of the molecule is COc1ccc(Br)c(NCc2c(C)nn(C)c2Cl)c1. The van der Waals surface area contributed by atoms with E-state index in [-0.39, 0.29) is 0 Å². The number of halogens is 2. The largest absolute Gasteiger partial charge is 0.497 e. The van der Waals surface area contributed by atoms with Gasteiger partial charge < -0.3 is 10.1 Å². The molecule has 102 valence electrons. The Morgan fingerprint density at radius 2 is 2.21 bits per heavy atom. The third-order valence-corrected chi connectivity index (χ3v) is 4.06. The molecule has 0 bridgehead atoms. The van der Waals surface area contributed by atoms with Gasteiger partial charge in [0.1, 0.15) is 10.9 Å². The molecule has 4 nitrogen and oxygen atoms in total. The molecule has 1 aromatic heterocycles. The van der Waals surface area contributed by atoms with Crippen LogP contribution in [0.25, 0.3) is 0 Å². The first-order valence-corrected chi connectivity index (χ1v) is 6.95. The van der Waals surface area contributed by atoms with Crippen LogP contribution in [0.2, 0.25) is 5.15 Å². The molecule has 0 saturated carbocycles. The van der Waals surface area contributed by atoms with E-state index >= 15 is 0 Å². The van der Waals surface area contributed by atoms with Crippen LogP contribution in [0, 0.1) is 6.92 Å². The highest BCUT2D eigenvalue weighted by atomic mass is 79.9. The maximum atomic E-state index is 6.20. The Balaban J connectivity index is 2.18. The number of hydrogen-bond acceptors (Lipinski definition) is 3. The van der Waals surface area contributed by atoms with Gasteiger partial charge in [-0.05, 0) is 35.0 Å². The summed E-state index contributed by atoms with van der Waals surface area (Å²) in [7, 11) is 3.48. The molecule has 0 aliphatic rings. The van der Waals surface area contributed by atoms with E-state index in [9.17, 15) is 0 Å². The van der Waals surface area contributed by atoms with Gasteiger partial charge >= 0.3 is 0 Å². The predicted octanol–water partition coefficient (Wildman–Crippen LogP) is 3.77. The Labute approximate surface area is 125 Å². The van der Waals surface area contributed by atoms with Gasteiger partial charge in [0.05, 0.1) is 18.5 Å². The second-order valence-corrected chi connectivity index (χ2v) is 5.39. The summed E-state index contributed by atoms with van der Waals surface area (Å²) in [6.07, 6.45) is 0. The van der Waals surface area contributed by atoms with Crippen LogP contribution in [0.15, 0.2) is 22.7 Å². The van der Waals surface area contributed by atoms with Crippen molar-refractivity contribution >= 4 is 33.2 Å². The first-order chi connectivity index (χ1) is 9.02. The van der Waals surface area contributed by atoms with Gasteiger partial charge in [-0.25, -0.2) is 0 Å². The van der Waals surface area contributed by atoms with Crippen molar-refractivity contribution in [1.29, 1.82) is 0 Å². The first kappa shape index (κ1) is 14.2. The highest BCUT2D eigenvalue weighted by Gasteiger charge is 2.11. The normalized spacial score (nSPS) is 10.6. The summed E-state index contributed by atoms with van der Waals surface area (Å²) in [5.74, 6) is 0.805. The molecule has 0 saturated heterocycles. The zero-order valence-electron chi connectivity index (χ0n) is 11.0. The van der Waals surface area contributed by atoms with Gasteiger partial charge in [0.15, 0.2) is 0 Å². The van der Waals surface area contributed by atoms with Crippen LogP contribution in [0.5, 0.6) is 5.75 Å². The second kappa shape index (κ2) is 5.84. The molecule has 1 N–H and O–H groups in total. The monoisotopic (exact) mass is 343 g/mol. The van der Waals surface area contributed by atoms with Crippen LogP contribution < -0.4 is 10.1 Å². The van der Waals surface area contributed by atoms with Gasteiger partial charge in [0.2, 0.25) is 0 Å². The van der Waals surface area contributed by atoms with E-state index < -0.39 is 0 Å². The summed E-state index contributed by atoms with van der Waals surface area (Å²) < 4.78 is 7.86. The van der Waals surface area contributed by atoms with Crippen LogP contribution in [0.4, 0.5) is 5.69 Å². The molecule has 0 atom stereocenters. The average molecular weight is 345 g/mol. The first-order valence-electron chi connectivity index (χ1n) is 5.78. The van der Waals surface area contributed by atoms with Gasteiger partial charge in [0, 0.05) is 29.7 Å². The van der Waals surface area contributed by atoms with Crippen molar-refractivity contribution in [3.05, 3.63) is 39.1 Å². The van der Waals surface area contributed by atoms with Crippen molar-refractivity contribution in [3.8, 4) is 5.75 Å². The Morgan fingerprint density at radius 1 is 1.47 bits per heavy atom. The molecule has 0 fully saturated rings. The van der Waals surface area contributed by atoms with Crippen molar-refractivity contribution in [3.63, 3.8) is 0 Å². The van der Waals surface area contributed by atoms with Crippen LogP contribution >= 0.6 is 27.5 Å². The Kier molecular flexibility index (Phi) is 4.37. The standard InChI is InChI=1S/C13H15BrClN3O/c1-8-10(13(15)18(2)17-8)7-16-12-6-9(19-3)4-5-11(12)14/h4-6,16H,7H2,1-3H3. The van der Waals surface area contributed by atoms with Crippen LogP contribution in [0.3, 0.4) is 0 Å². The lowest BCUT2D eigenvalue weighted by molar-refractivity contribution is 0.415. The van der Waals surface area contributed by atoms with E-state index in [1.807, 2.05) is 32.2 Å². The maximum Gasteiger partial charge on any atom is 0.131 e.